The summed E-state index contributed by atoms with van der Waals surface area (Å²) in [5.74, 6) is 2.44. The summed E-state index contributed by atoms with van der Waals surface area (Å²) in [5.41, 5.74) is 20.0. The lowest BCUT2D eigenvalue weighted by molar-refractivity contribution is 0.0990. The van der Waals surface area contributed by atoms with Gasteiger partial charge in [-0.25, -0.2) is 0 Å². The third kappa shape index (κ3) is 13.7. The fourth-order valence-corrected chi connectivity index (χ4v) is 14.5. The number of rotatable bonds is 12. The lowest BCUT2D eigenvalue weighted by atomic mass is 9.92. The molecule has 2 aromatic heterocycles. The van der Waals surface area contributed by atoms with Crippen molar-refractivity contribution in [2.45, 2.75) is 54.9 Å². The van der Waals surface area contributed by atoms with Crippen LogP contribution in [-0.2, 0) is 0 Å². The number of anilines is 7. The molecule has 2 aliphatic heterocycles. The highest BCUT2D eigenvalue weighted by Gasteiger charge is 2.38. The molecular weight excluding hydrogens is 1330 g/mol. The Labute approximate surface area is 629 Å². The highest BCUT2D eigenvalue weighted by molar-refractivity contribution is 6.43. The molecule has 0 fully saturated rings. The first-order valence-electron chi connectivity index (χ1n) is 36.0. The molecule has 108 heavy (non-hydrogen) atoms. The van der Waals surface area contributed by atoms with Crippen molar-refractivity contribution >= 4 is 95.4 Å². The summed E-state index contributed by atoms with van der Waals surface area (Å²) in [6.45, 7) is 10.6. The number of nitrogens with zero attached hydrogens (tertiary/aromatic N) is 3. The topological polar surface area (TPSA) is 114 Å². The summed E-state index contributed by atoms with van der Waals surface area (Å²) in [7, 11) is 0. The molecule has 0 bridgehead atoms. The molecule has 1 atom stereocenters. The van der Waals surface area contributed by atoms with Crippen LogP contribution in [0.4, 0.5) is 39.8 Å². The van der Waals surface area contributed by atoms with Crippen molar-refractivity contribution in [2.75, 3.05) is 27.8 Å². The van der Waals surface area contributed by atoms with Crippen LogP contribution >= 0.6 is 0 Å². The van der Waals surface area contributed by atoms with E-state index in [0.717, 1.165) is 92.3 Å². The van der Waals surface area contributed by atoms with Crippen LogP contribution in [0, 0.1) is 0 Å². The molecule has 0 amide bonds. The molecule has 10 nitrogen and oxygen atoms in total. The summed E-state index contributed by atoms with van der Waals surface area (Å²) in [5, 5.41) is 3.08. The molecule has 10 heteroatoms. The van der Waals surface area contributed by atoms with Crippen LogP contribution in [0.1, 0.15) is 92.3 Å². The van der Waals surface area contributed by atoms with E-state index in [-0.39, 0.29) is 42.9 Å². The van der Waals surface area contributed by atoms with E-state index in [1.165, 1.54) is 27.8 Å². The van der Waals surface area contributed by atoms with Crippen molar-refractivity contribution < 1.29 is 23.2 Å². The quantitative estimate of drug-likeness (QED) is 0.0865. The molecule has 0 saturated heterocycles. The summed E-state index contributed by atoms with van der Waals surface area (Å²) in [6.07, 6.45) is 2.96. The third-order valence-corrected chi connectivity index (χ3v) is 20.3. The first kappa shape index (κ1) is 71.5. The van der Waals surface area contributed by atoms with Gasteiger partial charge in [0, 0.05) is 104 Å². The molecule has 13 aromatic carbocycles. The minimum Gasteiger partial charge on any atom is -0.456 e. The van der Waals surface area contributed by atoms with Crippen molar-refractivity contribution in [3.05, 3.63) is 381 Å². The Morgan fingerprint density at radius 1 is 0.380 bits per heavy atom. The Morgan fingerprint density at radius 2 is 0.796 bits per heavy atom. The van der Waals surface area contributed by atoms with E-state index >= 15 is 0 Å². The molecule has 15 aromatic rings. The number of ether oxygens (including phenoxy) is 1. The van der Waals surface area contributed by atoms with Crippen LogP contribution in [0.15, 0.2) is 352 Å². The number of allylic oxidation sites excluding steroid dienone is 3. The molecule has 0 N–H and O–H groups in total. The van der Waals surface area contributed by atoms with E-state index < -0.39 is 0 Å². The van der Waals surface area contributed by atoms with Gasteiger partial charge in [-0.3, -0.25) is 19.2 Å². The lowest BCUT2D eigenvalue weighted by Gasteiger charge is -2.27. The SMILES string of the molecule is C.C.CCC(C)c1ccc(N(c2ccccc2)c2ccc(-c3cc(=O)c4ccccc4o3)cc2)cc1.CCN(CC)c1ccc(C2=CC(=C3C(=O)c4cc5ccccc5cc4C3=O)c3ccccc3O2)cc1.O=c1cc(-c2ccc(N3c4ccccc4-c4ccccc4-c4ccccc43)cc2)oc2ccccc12. The monoisotopic (exact) mass is 1410 g/mol. The van der Waals surface area contributed by atoms with Crippen molar-refractivity contribution in [1.29, 1.82) is 0 Å². The highest BCUT2D eigenvalue weighted by atomic mass is 16.5. The number of hydrogen-bond donors (Lipinski definition) is 0. The maximum Gasteiger partial charge on any atom is 0.198 e. The minimum absolute atomic E-state index is 0. The first-order valence-corrected chi connectivity index (χ1v) is 36.0. The van der Waals surface area contributed by atoms with Crippen LogP contribution in [0.2, 0.25) is 0 Å². The maximum absolute atomic E-state index is 13.6. The van der Waals surface area contributed by atoms with E-state index in [0.29, 0.717) is 67.6 Å². The fraction of sp³-hybridized carbons (Fsp3) is 0.102. The van der Waals surface area contributed by atoms with E-state index in [1.54, 1.807) is 24.3 Å². The van der Waals surface area contributed by atoms with Gasteiger partial charge in [0.2, 0.25) is 0 Å². The van der Waals surface area contributed by atoms with E-state index in [9.17, 15) is 19.2 Å². The lowest BCUT2D eigenvalue weighted by Crippen LogP contribution is -2.21. The molecule has 0 spiro atoms. The van der Waals surface area contributed by atoms with E-state index in [4.69, 9.17) is 13.6 Å². The van der Waals surface area contributed by atoms with Gasteiger partial charge >= 0.3 is 0 Å². The van der Waals surface area contributed by atoms with Gasteiger partial charge in [-0.2, -0.15) is 0 Å². The Bertz CT molecular complexity index is 5930. The van der Waals surface area contributed by atoms with E-state index in [2.05, 4.69) is 188 Å². The van der Waals surface area contributed by atoms with Crippen LogP contribution in [0.5, 0.6) is 5.75 Å². The van der Waals surface area contributed by atoms with Gasteiger partial charge in [-0.1, -0.05) is 186 Å². The number of carbonyl (C=O) groups excluding carboxylic acids is 2. The predicted octanol–water partition coefficient (Wildman–Crippen LogP) is 25.2. The van der Waals surface area contributed by atoms with Gasteiger partial charge in [0.15, 0.2) is 22.4 Å². The molecule has 1 aliphatic carbocycles. The number of para-hydroxylation sites is 6. The summed E-state index contributed by atoms with van der Waals surface area (Å²) < 4.78 is 18.4. The Kier molecular flexibility index (Phi) is 20.6. The van der Waals surface area contributed by atoms with Crippen molar-refractivity contribution in [3.63, 3.8) is 0 Å². The van der Waals surface area contributed by atoms with Gasteiger partial charge in [-0.15, -0.1) is 0 Å². The summed E-state index contributed by atoms with van der Waals surface area (Å²) >= 11 is 0. The molecule has 0 saturated carbocycles. The average molecular weight is 1410 g/mol. The number of carbonyl (C=O) groups is 2. The Hall–Kier alpha value is -13.4. The van der Waals surface area contributed by atoms with Crippen molar-refractivity contribution in [2.24, 2.45) is 0 Å². The molecule has 4 heterocycles. The maximum atomic E-state index is 13.6. The van der Waals surface area contributed by atoms with E-state index in [1.807, 2.05) is 158 Å². The molecule has 18 rings (SSSR count). The number of benzene rings is 13. The smallest absolute Gasteiger partial charge is 0.198 e. The molecular formula is C98H81N3O7. The zero-order chi connectivity index (χ0) is 72.4. The second kappa shape index (κ2) is 31.1. The fourth-order valence-electron chi connectivity index (χ4n) is 14.5. The highest BCUT2D eigenvalue weighted by Crippen LogP contribution is 2.51. The number of fused-ring (bicyclic) bond motifs is 10. The minimum atomic E-state index is -0.236. The van der Waals surface area contributed by atoms with Crippen LogP contribution in [0.3, 0.4) is 0 Å². The average Bonchev–Trinajstić information content (AvgIpc) is 1.58. The van der Waals surface area contributed by atoms with Crippen LogP contribution in [-0.4, -0.2) is 24.7 Å². The normalized spacial score (nSPS) is 12.6. The number of hydrogen-bond acceptors (Lipinski definition) is 10. The van der Waals surface area contributed by atoms with Gasteiger partial charge in [-0.05, 0) is 211 Å². The number of Topliss-reactive ketones (excluding diaryl/α,β-unsaturated/α-hetero) is 2. The number of ketones is 2. The molecule has 530 valence electrons. The second-order valence-electron chi connectivity index (χ2n) is 26.5. The molecule has 3 aliphatic rings. The first-order chi connectivity index (χ1) is 52.0. The zero-order valence-corrected chi connectivity index (χ0v) is 59.1. The van der Waals surface area contributed by atoms with Gasteiger partial charge in [0.05, 0.1) is 27.7 Å². The van der Waals surface area contributed by atoms with Crippen molar-refractivity contribution in [1.82, 2.24) is 0 Å². The van der Waals surface area contributed by atoms with Crippen LogP contribution < -0.4 is 30.3 Å². The second-order valence-corrected chi connectivity index (χ2v) is 26.5. The van der Waals surface area contributed by atoms with Crippen LogP contribution in [0.25, 0.3) is 88.9 Å². The molecule has 1 unspecified atom stereocenters. The van der Waals surface area contributed by atoms with Gasteiger partial charge < -0.3 is 28.3 Å². The van der Waals surface area contributed by atoms with Gasteiger partial charge in [0.1, 0.15) is 34.2 Å². The summed E-state index contributed by atoms with van der Waals surface area (Å²) in [6, 6.07) is 106. The van der Waals surface area contributed by atoms with Gasteiger partial charge in [0.25, 0.3) is 0 Å². The summed E-state index contributed by atoms with van der Waals surface area (Å²) in [4.78, 5) is 59.3. The third-order valence-electron chi connectivity index (χ3n) is 20.3. The predicted molar refractivity (Wildman–Crippen MR) is 446 cm³/mol. The largest absolute Gasteiger partial charge is 0.456 e. The standard InChI is InChI=1S/C33H21NO2.C32H25NO3.C31H27NO2.2CH4/c35-31-21-33(36-32-16-8-5-13-28(31)32)22-17-19-23(20-18-22)34-29-14-6-3-11-26(29)24-9-1-2-10-25(24)27-12-4-7-15-30(27)34;1-3-33(4-2)23-15-13-20(14-16-23)29-19-25(24-11-7-8-12-28(24)36-29)30-31(34)26-17-21-9-5-6-10-22(21)18-27(26)32(30)35;1-3-22(2)23-13-17-26(18-14-23)32(25-9-5-4-6-10-25)27-19-15-24(16-20-27)31-21-29(33)28-11-7-8-12-30(28)34-31;;/h1-21H;5-19H,3-4H2,1-2H3;4-22H,3H2,1-2H3;2*1H4. The van der Waals surface area contributed by atoms with Crippen molar-refractivity contribution in [3.8, 4) is 50.7 Å². The molecule has 0 radical (unpaired) electrons. The zero-order valence-electron chi connectivity index (χ0n) is 59.1. The Balaban J connectivity index is 0.000000134. The Morgan fingerprint density at radius 3 is 1.31 bits per heavy atom.